The van der Waals surface area contributed by atoms with Gasteiger partial charge in [0.05, 0.1) is 11.5 Å². The van der Waals surface area contributed by atoms with Gasteiger partial charge < -0.3 is 10.6 Å². The summed E-state index contributed by atoms with van der Waals surface area (Å²) in [6, 6.07) is 0.173. The second-order valence-electron chi connectivity index (χ2n) is 3.51. The van der Waals surface area contributed by atoms with Crippen LogP contribution in [-0.4, -0.2) is 46.1 Å². The van der Waals surface area contributed by atoms with Crippen molar-refractivity contribution in [3.05, 3.63) is 0 Å². The summed E-state index contributed by atoms with van der Waals surface area (Å²) in [5.74, 6) is 0.617. The Bertz CT molecular complexity index is 239. The van der Waals surface area contributed by atoms with Crippen LogP contribution in [0.2, 0.25) is 0 Å². The molecule has 0 aliphatic carbocycles. The molecule has 0 spiro atoms. The zero-order valence-electron chi connectivity index (χ0n) is 8.04. The lowest BCUT2D eigenvalue weighted by Crippen LogP contribution is -2.45. The lowest BCUT2D eigenvalue weighted by molar-refractivity contribution is 0.479. The van der Waals surface area contributed by atoms with Crippen LogP contribution in [-0.2, 0) is 9.84 Å². The summed E-state index contributed by atoms with van der Waals surface area (Å²) >= 11 is 0. The highest BCUT2D eigenvalue weighted by atomic mass is 32.2. The minimum absolute atomic E-state index is 0.173. The Hall–Kier alpha value is -0.130. The van der Waals surface area contributed by atoms with Crippen LogP contribution in [0.3, 0.4) is 0 Å². The Morgan fingerprint density at radius 2 is 2.31 bits per heavy atom. The van der Waals surface area contributed by atoms with Crippen LogP contribution < -0.4 is 10.6 Å². The van der Waals surface area contributed by atoms with Crippen LogP contribution in [0.1, 0.15) is 12.8 Å². The molecule has 1 saturated heterocycles. The molecule has 0 amide bonds. The minimum atomic E-state index is -2.75. The summed E-state index contributed by atoms with van der Waals surface area (Å²) in [6.07, 6.45) is 1.98. The van der Waals surface area contributed by atoms with E-state index >= 15 is 0 Å². The Labute approximate surface area is 80.0 Å². The van der Waals surface area contributed by atoms with Crippen molar-refractivity contribution < 1.29 is 8.42 Å². The van der Waals surface area contributed by atoms with Gasteiger partial charge in [-0.15, -0.1) is 0 Å². The van der Waals surface area contributed by atoms with E-state index in [2.05, 4.69) is 10.6 Å². The molecule has 78 valence electrons. The van der Waals surface area contributed by atoms with Crippen molar-refractivity contribution in [2.24, 2.45) is 0 Å². The van der Waals surface area contributed by atoms with E-state index in [-0.39, 0.29) is 6.04 Å². The van der Waals surface area contributed by atoms with Gasteiger partial charge >= 0.3 is 0 Å². The maximum atomic E-state index is 11.2. The monoisotopic (exact) mass is 206 g/mol. The fourth-order valence-electron chi connectivity index (χ4n) is 1.58. The average molecular weight is 206 g/mol. The van der Waals surface area contributed by atoms with Gasteiger partial charge in [0.15, 0.2) is 9.84 Å². The number of hydrogen-bond donors (Lipinski definition) is 2. The second kappa shape index (κ2) is 4.93. The van der Waals surface area contributed by atoms with E-state index in [4.69, 9.17) is 0 Å². The van der Waals surface area contributed by atoms with E-state index in [0.717, 1.165) is 19.4 Å². The predicted octanol–water partition coefficient (Wildman–Crippen LogP) is -0.627. The zero-order valence-corrected chi connectivity index (χ0v) is 8.86. The summed E-state index contributed by atoms with van der Waals surface area (Å²) in [5, 5.41) is 6.28. The van der Waals surface area contributed by atoms with Crippen molar-refractivity contribution in [2.75, 3.05) is 31.6 Å². The van der Waals surface area contributed by atoms with E-state index < -0.39 is 9.84 Å². The molecule has 13 heavy (non-hydrogen) atoms. The number of hydrogen-bond acceptors (Lipinski definition) is 4. The summed E-state index contributed by atoms with van der Waals surface area (Å²) in [7, 11) is -0.844. The molecule has 4 nitrogen and oxygen atoms in total. The van der Waals surface area contributed by atoms with Gasteiger partial charge in [0.25, 0.3) is 0 Å². The third kappa shape index (κ3) is 4.06. The van der Waals surface area contributed by atoms with Gasteiger partial charge in [-0.05, 0) is 26.4 Å². The SMILES string of the molecule is CNCCCC1CS(=O)(=O)CCN1. The Kier molecular flexibility index (Phi) is 4.15. The fourth-order valence-corrected chi connectivity index (χ4v) is 3.07. The molecule has 1 rings (SSSR count). The largest absolute Gasteiger partial charge is 0.320 e. The second-order valence-corrected chi connectivity index (χ2v) is 5.74. The molecule has 2 N–H and O–H groups in total. The summed E-state index contributed by atoms with van der Waals surface area (Å²) in [6.45, 7) is 1.57. The average Bonchev–Trinajstić information content (AvgIpc) is 2.03. The first-order valence-electron chi connectivity index (χ1n) is 4.72. The summed E-state index contributed by atoms with van der Waals surface area (Å²) in [4.78, 5) is 0. The molecule has 1 unspecified atom stereocenters. The van der Waals surface area contributed by atoms with Crippen molar-refractivity contribution in [2.45, 2.75) is 18.9 Å². The molecule has 1 aliphatic rings. The molecular formula is C8H18N2O2S. The maximum absolute atomic E-state index is 11.2. The van der Waals surface area contributed by atoms with Crippen molar-refractivity contribution in [1.82, 2.24) is 10.6 Å². The molecule has 1 heterocycles. The summed E-state index contributed by atoms with van der Waals surface area (Å²) < 4.78 is 22.5. The molecule has 0 aromatic carbocycles. The maximum Gasteiger partial charge on any atom is 0.153 e. The standard InChI is InChI=1S/C8H18N2O2S/c1-9-4-2-3-8-7-13(11,12)6-5-10-8/h8-10H,2-7H2,1H3. The third-order valence-electron chi connectivity index (χ3n) is 2.28. The lowest BCUT2D eigenvalue weighted by atomic mass is 10.2. The highest BCUT2D eigenvalue weighted by Gasteiger charge is 2.23. The van der Waals surface area contributed by atoms with E-state index in [0.29, 0.717) is 18.1 Å². The Balaban J connectivity index is 2.27. The van der Waals surface area contributed by atoms with Gasteiger partial charge in [0, 0.05) is 12.6 Å². The number of sulfone groups is 1. The minimum Gasteiger partial charge on any atom is -0.320 e. The normalized spacial score (nSPS) is 27.3. The van der Waals surface area contributed by atoms with Crippen molar-refractivity contribution in [1.29, 1.82) is 0 Å². The molecule has 0 bridgehead atoms. The first-order valence-corrected chi connectivity index (χ1v) is 6.54. The molecule has 0 aromatic rings. The molecular weight excluding hydrogens is 188 g/mol. The third-order valence-corrected chi connectivity index (χ3v) is 4.02. The van der Waals surface area contributed by atoms with E-state index in [1.165, 1.54) is 0 Å². The van der Waals surface area contributed by atoms with Gasteiger partial charge in [0.1, 0.15) is 0 Å². The molecule has 1 fully saturated rings. The lowest BCUT2D eigenvalue weighted by Gasteiger charge is -2.23. The smallest absolute Gasteiger partial charge is 0.153 e. The summed E-state index contributed by atoms with van der Waals surface area (Å²) in [5.41, 5.74) is 0. The number of nitrogens with one attached hydrogen (secondary N) is 2. The molecule has 1 atom stereocenters. The highest BCUT2D eigenvalue weighted by Crippen LogP contribution is 2.06. The van der Waals surface area contributed by atoms with Crippen LogP contribution in [0.5, 0.6) is 0 Å². The van der Waals surface area contributed by atoms with Gasteiger partial charge in [-0.1, -0.05) is 0 Å². The van der Waals surface area contributed by atoms with Gasteiger partial charge in [-0.2, -0.15) is 0 Å². The van der Waals surface area contributed by atoms with Crippen molar-refractivity contribution in [3.8, 4) is 0 Å². The predicted molar refractivity (Wildman–Crippen MR) is 53.6 cm³/mol. The van der Waals surface area contributed by atoms with E-state index in [9.17, 15) is 8.42 Å². The van der Waals surface area contributed by atoms with Crippen LogP contribution in [0.15, 0.2) is 0 Å². The highest BCUT2D eigenvalue weighted by molar-refractivity contribution is 7.91. The van der Waals surface area contributed by atoms with E-state index in [1.54, 1.807) is 0 Å². The van der Waals surface area contributed by atoms with Gasteiger partial charge in [0.2, 0.25) is 0 Å². The van der Waals surface area contributed by atoms with Crippen LogP contribution >= 0.6 is 0 Å². The molecule has 0 aromatic heterocycles. The zero-order chi connectivity index (χ0) is 9.73. The number of rotatable bonds is 4. The fraction of sp³-hybridized carbons (Fsp3) is 1.00. The topological polar surface area (TPSA) is 58.2 Å². The Morgan fingerprint density at radius 3 is 2.92 bits per heavy atom. The molecule has 0 saturated carbocycles. The molecule has 5 heteroatoms. The first kappa shape index (κ1) is 10.9. The molecule has 0 radical (unpaired) electrons. The van der Waals surface area contributed by atoms with Crippen LogP contribution in [0, 0.1) is 0 Å². The quantitative estimate of drug-likeness (QED) is 0.602. The van der Waals surface area contributed by atoms with Crippen LogP contribution in [0.4, 0.5) is 0 Å². The van der Waals surface area contributed by atoms with Gasteiger partial charge in [-0.3, -0.25) is 0 Å². The molecule has 1 aliphatic heterocycles. The van der Waals surface area contributed by atoms with Gasteiger partial charge in [-0.25, -0.2) is 8.42 Å². The first-order chi connectivity index (χ1) is 6.14. The van der Waals surface area contributed by atoms with Crippen molar-refractivity contribution >= 4 is 9.84 Å². The van der Waals surface area contributed by atoms with Crippen molar-refractivity contribution in [3.63, 3.8) is 0 Å². The van der Waals surface area contributed by atoms with E-state index in [1.807, 2.05) is 7.05 Å². The Morgan fingerprint density at radius 1 is 1.54 bits per heavy atom. The van der Waals surface area contributed by atoms with Crippen LogP contribution in [0.25, 0.3) is 0 Å².